The van der Waals surface area contributed by atoms with Crippen LogP contribution in [-0.4, -0.2) is 49.2 Å². The van der Waals surface area contributed by atoms with Gasteiger partial charge in [0.2, 0.25) is 0 Å². The lowest BCUT2D eigenvalue weighted by Crippen LogP contribution is -2.47. The summed E-state index contributed by atoms with van der Waals surface area (Å²) in [7, 11) is 1.25. The molecular formula is C22H20FN5O2. The number of nitrogens with zero attached hydrogens (tertiary/aromatic N) is 5. The number of fused-ring (bicyclic) bond motifs is 1. The van der Waals surface area contributed by atoms with Gasteiger partial charge in [-0.3, -0.25) is 4.79 Å². The second-order valence-corrected chi connectivity index (χ2v) is 6.96. The van der Waals surface area contributed by atoms with Crippen LogP contribution in [0.4, 0.5) is 15.9 Å². The monoisotopic (exact) mass is 405 g/mol. The molecule has 2 heterocycles. The van der Waals surface area contributed by atoms with Crippen LogP contribution in [0.1, 0.15) is 11.6 Å². The Morgan fingerprint density at radius 3 is 2.23 bits per heavy atom. The molecule has 2 aromatic carbocycles. The van der Waals surface area contributed by atoms with Crippen LogP contribution in [0.15, 0.2) is 48.5 Å². The maximum atomic E-state index is 13.2. The summed E-state index contributed by atoms with van der Waals surface area (Å²) in [5.41, 5.74) is 2.56. The van der Waals surface area contributed by atoms with Crippen molar-refractivity contribution in [1.29, 1.82) is 5.26 Å². The van der Waals surface area contributed by atoms with Gasteiger partial charge in [0.05, 0.1) is 24.2 Å². The van der Waals surface area contributed by atoms with Crippen molar-refractivity contribution < 1.29 is 13.9 Å². The van der Waals surface area contributed by atoms with E-state index in [4.69, 9.17) is 9.72 Å². The number of para-hydroxylation sites is 2. The zero-order valence-electron chi connectivity index (χ0n) is 16.5. The molecular weight excluding hydrogens is 385 g/mol. The number of benzene rings is 2. The molecule has 1 saturated heterocycles. The number of piperazine rings is 1. The first kappa shape index (κ1) is 19.6. The third-order valence-electron chi connectivity index (χ3n) is 5.19. The van der Waals surface area contributed by atoms with Crippen molar-refractivity contribution in [2.45, 2.75) is 5.92 Å². The van der Waals surface area contributed by atoms with Gasteiger partial charge in [0.25, 0.3) is 0 Å². The number of hydrogen-bond donors (Lipinski definition) is 0. The summed E-state index contributed by atoms with van der Waals surface area (Å²) in [6, 6.07) is 15.8. The standard InChI is InChI=1S/C22H20FN5O2/c1-30-22(29)17(14-24)20-21(26-19-5-3-2-4-18(19)25-20)28-12-10-27(11-13-28)16-8-6-15(23)7-9-16/h2-9,17H,10-13H2,1H3/t17-/m1/s1. The molecule has 152 valence electrons. The number of aromatic nitrogens is 2. The highest BCUT2D eigenvalue weighted by molar-refractivity contribution is 5.85. The predicted molar refractivity (Wildman–Crippen MR) is 111 cm³/mol. The molecule has 3 aromatic rings. The van der Waals surface area contributed by atoms with Gasteiger partial charge in [-0.15, -0.1) is 0 Å². The summed E-state index contributed by atoms with van der Waals surface area (Å²) in [5, 5.41) is 9.61. The van der Waals surface area contributed by atoms with Gasteiger partial charge >= 0.3 is 5.97 Å². The molecule has 1 fully saturated rings. The largest absolute Gasteiger partial charge is 0.468 e. The average molecular weight is 405 g/mol. The van der Waals surface area contributed by atoms with Crippen molar-refractivity contribution in [2.75, 3.05) is 43.1 Å². The zero-order valence-corrected chi connectivity index (χ0v) is 16.5. The highest BCUT2D eigenvalue weighted by atomic mass is 19.1. The quantitative estimate of drug-likeness (QED) is 0.617. The summed E-state index contributed by atoms with van der Waals surface area (Å²) in [6.07, 6.45) is 0. The summed E-state index contributed by atoms with van der Waals surface area (Å²) in [6.45, 7) is 2.62. The number of methoxy groups -OCH3 is 1. The number of carbonyl (C=O) groups is 1. The summed E-state index contributed by atoms with van der Waals surface area (Å²) < 4.78 is 18.0. The molecule has 7 nitrogen and oxygen atoms in total. The zero-order chi connectivity index (χ0) is 21.1. The molecule has 30 heavy (non-hydrogen) atoms. The van der Waals surface area contributed by atoms with E-state index in [9.17, 15) is 14.4 Å². The number of ether oxygens (including phenoxy) is 1. The van der Waals surface area contributed by atoms with Crippen molar-refractivity contribution in [2.24, 2.45) is 0 Å². The molecule has 0 N–H and O–H groups in total. The van der Waals surface area contributed by atoms with Gasteiger partial charge < -0.3 is 14.5 Å². The SMILES string of the molecule is COC(=O)[C@H](C#N)c1nc2ccccc2nc1N1CCN(c2ccc(F)cc2)CC1. The normalized spacial score (nSPS) is 15.0. The topological polar surface area (TPSA) is 82.3 Å². The number of hydrogen-bond acceptors (Lipinski definition) is 7. The first-order valence-corrected chi connectivity index (χ1v) is 9.60. The number of rotatable bonds is 4. The van der Waals surface area contributed by atoms with E-state index in [1.54, 1.807) is 18.2 Å². The van der Waals surface area contributed by atoms with Gasteiger partial charge in [0, 0.05) is 31.9 Å². The molecule has 0 spiro atoms. The Labute approximate surface area is 173 Å². The van der Waals surface area contributed by atoms with Crippen molar-refractivity contribution >= 4 is 28.5 Å². The smallest absolute Gasteiger partial charge is 0.329 e. The molecule has 4 rings (SSSR count). The Morgan fingerprint density at radius 1 is 1.03 bits per heavy atom. The van der Waals surface area contributed by atoms with Gasteiger partial charge in [-0.1, -0.05) is 12.1 Å². The maximum absolute atomic E-state index is 13.2. The van der Waals surface area contributed by atoms with E-state index >= 15 is 0 Å². The Balaban J connectivity index is 1.66. The maximum Gasteiger partial charge on any atom is 0.329 e. The molecule has 8 heteroatoms. The third-order valence-corrected chi connectivity index (χ3v) is 5.19. The lowest BCUT2D eigenvalue weighted by molar-refractivity contribution is -0.141. The molecule has 0 saturated carbocycles. The first-order valence-electron chi connectivity index (χ1n) is 9.60. The lowest BCUT2D eigenvalue weighted by Gasteiger charge is -2.37. The van der Waals surface area contributed by atoms with Crippen LogP contribution in [0.5, 0.6) is 0 Å². The average Bonchev–Trinajstić information content (AvgIpc) is 2.79. The molecule has 0 unspecified atom stereocenters. The molecule has 0 radical (unpaired) electrons. The van der Waals surface area contributed by atoms with Gasteiger partial charge in [0.15, 0.2) is 11.7 Å². The Kier molecular flexibility index (Phi) is 5.44. The van der Waals surface area contributed by atoms with Gasteiger partial charge in [-0.25, -0.2) is 14.4 Å². The van der Waals surface area contributed by atoms with Gasteiger partial charge in [-0.05, 0) is 36.4 Å². The minimum Gasteiger partial charge on any atom is -0.468 e. The molecule has 1 aliphatic rings. The number of nitriles is 1. The van der Waals surface area contributed by atoms with E-state index in [1.165, 1.54) is 19.2 Å². The van der Waals surface area contributed by atoms with Crippen LogP contribution in [0.3, 0.4) is 0 Å². The number of esters is 1. The van der Waals surface area contributed by atoms with Crippen molar-refractivity contribution in [3.63, 3.8) is 0 Å². The molecule has 0 amide bonds. The van der Waals surface area contributed by atoms with Crippen molar-refractivity contribution in [3.8, 4) is 6.07 Å². The van der Waals surface area contributed by atoms with E-state index in [0.29, 0.717) is 48.7 Å². The molecule has 1 atom stereocenters. The minimum absolute atomic E-state index is 0.265. The fourth-order valence-electron chi connectivity index (χ4n) is 3.60. The van der Waals surface area contributed by atoms with Crippen LogP contribution in [0.25, 0.3) is 11.0 Å². The first-order chi connectivity index (χ1) is 14.6. The number of halogens is 1. The summed E-state index contributed by atoms with van der Waals surface area (Å²) in [5.74, 6) is -1.56. The third kappa shape index (κ3) is 3.74. The molecule has 0 aliphatic carbocycles. The Hall–Kier alpha value is -3.73. The molecule has 1 aromatic heterocycles. The highest BCUT2D eigenvalue weighted by Gasteiger charge is 2.30. The molecule has 1 aliphatic heterocycles. The van der Waals surface area contributed by atoms with E-state index in [1.807, 2.05) is 29.2 Å². The Morgan fingerprint density at radius 2 is 1.63 bits per heavy atom. The second kappa shape index (κ2) is 8.33. The fraction of sp³-hybridized carbons (Fsp3) is 0.273. The lowest BCUT2D eigenvalue weighted by atomic mass is 10.1. The number of carbonyl (C=O) groups excluding carboxylic acids is 1. The van der Waals surface area contributed by atoms with Crippen LogP contribution < -0.4 is 9.80 Å². The van der Waals surface area contributed by atoms with Crippen LogP contribution in [-0.2, 0) is 9.53 Å². The van der Waals surface area contributed by atoms with E-state index < -0.39 is 11.9 Å². The van der Waals surface area contributed by atoms with E-state index in [-0.39, 0.29) is 5.82 Å². The van der Waals surface area contributed by atoms with Gasteiger partial charge in [0.1, 0.15) is 11.5 Å². The summed E-state index contributed by atoms with van der Waals surface area (Å²) >= 11 is 0. The van der Waals surface area contributed by atoms with Crippen molar-refractivity contribution in [3.05, 3.63) is 60.0 Å². The van der Waals surface area contributed by atoms with E-state index in [2.05, 4.69) is 9.88 Å². The fourth-order valence-corrected chi connectivity index (χ4v) is 3.60. The van der Waals surface area contributed by atoms with Crippen LogP contribution in [0.2, 0.25) is 0 Å². The Bertz CT molecular complexity index is 1100. The van der Waals surface area contributed by atoms with Crippen LogP contribution in [0, 0.1) is 17.1 Å². The second-order valence-electron chi connectivity index (χ2n) is 6.96. The minimum atomic E-state index is -1.16. The summed E-state index contributed by atoms with van der Waals surface area (Å²) in [4.78, 5) is 25.7. The van der Waals surface area contributed by atoms with E-state index in [0.717, 1.165) is 5.69 Å². The molecule has 0 bridgehead atoms. The van der Waals surface area contributed by atoms with Gasteiger partial charge in [-0.2, -0.15) is 5.26 Å². The number of anilines is 2. The predicted octanol–water partition coefficient (Wildman–Crippen LogP) is 2.88. The van der Waals surface area contributed by atoms with Crippen molar-refractivity contribution in [1.82, 2.24) is 9.97 Å². The van der Waals surface area contributed by atoms with Crippen LogP contribution >= 0.6 is 0 Å². The highest BCUT2D eigenvalue weighted by Crippen LogP contribution is 2.29.